The molecule has 0 bridgehead atoms. The number of hydrogen-bond donors (Lipinski definition) is 2. The van der Waals surface area contributed by atoms with Gasteiger partial charge in [-0.25, -0.2) is 9.07 Å². The van der Waals surface area contributed by atoms with Crippen LogP contribution in [0.3, 0.4) is 0 Å². The standard InChI is InChI=1S/C20H19FN6O2S2/c21-14-6-2-3-7-15(14)29-10-17-25-26-20(27(17)23)30-11-18(28)24-19-13(9-22)12-5-1-4-8-16(12)31-19/h2-3,6-7H,1,4-5,8,10-11,23H2,(H,24,28). The molecule has 4 rings (SSSR count). The van der Waals surface area contributed by atoms with E-state index < -0.39 is 5.82 Å². The lowest BCUT2D eigenvalue weighted by Crippen LogP contribution is -2.18. The number of halogens is 1. The van der Waals surface area contributed by atoms with E-state index in [4.69, 9.17) is 10.6 Å². The molecule has 0 saturated heterocycles. The third-order valence-electron chi connectivity index (χ3n) is 4.80. The molecule has 2 aromatic heterocycles. The first kappa shape index (κ1) is 21.1. The van der Waals surface area contributed by atoms with Crippen LogP contribution in [0.15, 0.2) is 29.4 Å². The van der Waals surface area contributed by atoms with Crippen molar-refractivity contribution in [2.45, 2.75) is 37.4 Å². The van der Waals surface area contributed by atoms with Gasteiger partial charge in [-0.1, -0.05) is 23.9 Å². The third kappa shape index (κ3) is 4.65. The number of aromatic nitrogens is 3. The van der Waals surface area contributed by atoms with Crippen LogP contribution in [0.25, 0.3) is 0 Å². The fourth-order valence-electron chi connectivity index (χ4n) is 3.27. The number of nitrogen functional groups attached to an aromatic ring is 1. The number of rotatable bonds is 7. The number of thioether (sulfide) groups is 1. The first-order chi connectivity index (χ1) is 15.1. The molecule has 0 atom stereocenters. The van der Waals surface area contributed by atoms with Crippen LogP contribution in [-0.2, 0) is 24.2 Å². The smallest absolute Gasteiger partial charge is 0.235 e. The summed E-state index contributed by atoms with van der Waals surface area (Å²) in [5.74, 6) is 5.68. The van der Waals surface area contributed by atoms with Crippen LogP contribution in [0.2, 0.25) is 0 Å². The number of carbonyl (C=O) groups is 1. The molecule has 0 unspecified atom stereocenters. The Kier molecular flexibility index (Phi) is 6.39. The number of para-hydroxylation sites is 1. The average molecular weight is 459 g/mol. The van der Waals surface area contributed by atoms with E-state index in [1.807, 2.05) is 0 Å². The minimum absolute atomic E-state index is 0.0525. The zero-order valence-electron chi connectivity index (χ0n) is 16.4. The van der Waals surface area contributed by atoms with E-state index in [2.05, 4.69) is 21.6 Å². The van der Waals surface area contributed by atoms with E-state index in [0.29, 0.717) is 21.5 Å². The van der Waals surface area contributed by atoms with Crippen LogP contribution in [0.4, 0.5) is 9.39 Å². The number of hydrogen-bond acceptors (Lipinski definition) is 8. The van der Waals surface area contributed by atoms with Crippen molar-refractivity contribution in [3.05, 3.63) is 51.9 Å². The number of anilines is 1. The summed E-state index contributed by atoms with van der Waals surface area (Å²) in [4.78, 5) is 13.6. The van der Waals surface area contributed by atoms with Gasteiger partial charge in [-0.2, -0.15) is 5.26 Å². The van der Waals surface area contributed by atoms with Crippen molar-refractivity contribution in [1.82, 2.24) is 14.9 Å². The highest BCUT2D eigenvalue weighted by molar-refractivity contribution is 7.99. The van der Waals surface area contributed by atoms with Crippen LogP contribution in [0.5, 0.6) is 5.75 Å². The Morgan fingerprint density at radius 3 is 2.97 bits per heavy atom. The second-order valence-electron chi connectivity index (χ2n) is 6.85. The monoisotopic (exact) mass is 458 g/mol. The highest BCUT2D eigenvalue weighted by Gasteiger charge is 2.22. The maximum Gasteiger partial charge on any atom is 0.235 e. The quantitative estimate of drug-likeness (QED) is 0.412. The number of benzene rings is 1. The van der Waals surface area contributed by atoms with E-state index in [0.717, 1.165) is 43.0 Å². The van der Waals surface area contributed by atoms with Crippen molar-refractivity contribution >= 4 is 34.0 Å². The molecule has 1 amide bonds. The molecule has 31 heavy (non-hydrogen) atoms. The van der Waals surface area contributed by atoms with E-state index in [9.17, 15) is 14.4 Å². The molecule has 1 aliphatic carbocycles. The summed E-state index contributed by atoms with van der Waals surface area (Å²) in [5.41, 5.74) is 1.65. The molecule has 0 radical (unpaired) electrons. The summed E-state index contributed by atoms with van der Waals surface area (Å²) >= 11 is 2.59. The van der Waals surface area contributed by atoms with Crippen molar-refractivity contribution in [2.75, 3.05) is 16.9 Å². The van der Waals surface area contributed by atoms with E-state index >= 15 is 0 Å². The fraction of sp³-hybridized carbons (Fsp3) is 0.300. The van der Waals surface area contributed by atoms with Crippen LogP contribution < -0.4 is 15.9 Å². The molecule has 0 spiro atoms. The Bertz CT molecular complexity index is 1150. The number of aryl methyl sites for hydroxylation is 1. The van der Waals surface area contributed by atoms with Gasteiger partial charge in [-0.3, -0.25) is 4.79 Å². The number of amides is 1. The molecule has 1 aliphatic rings. The second-order valence-corrected chi connectivity index (χ2v) is 8.90. The van der Waals surface area contributed by atoms with Gasteiger partial charge in [0.25, 0.3) is 0 Å². The van der Waals surface area contributed by atoms with Crippen molar-refractivity contribution in [2.24, 2.45) is 0 Å². The molecule has 2 heterocycles. The molecular weight excluding hydrogens is 439 g/mol. The normalized spacial score (nSPS) is 12.8. The highest BCUT2D eigenvalue weighted by Crippen LogP contribution is 2.37. The number of nitrogens with zero attached hydrogens (tertiary/aromatic N) is 4. The SMILES string of the molecule is N#Cc1c(NC(=O)CSc2nnc(COc3ccccc3F)n2N)sc2c1CCCC2. The van der Waals surface area contributed by atoms with Gasteiger partial charge in [0.1, 0.15) is 17.7 Å². The predicted molar refractivity (Wildman–Crippen MR) is 116 cm³/mol. The minimum atomic E-state index is -0.483. The Hall–Kier alpha value is -3.10. The molecule has 3 N–H and O–H groups in total. The Morgan fingerprint density at radius 1 is 1.35 bits per heavy atom. The Balaban J connectivity index is 1.35. The molecule has 0 fully saturated rings. The minimum Gasteiger partial charge on any atom is -0.482 e. The lowest BCUT2D eigenvalue weighted by atomic mass is 9.96. The van der Waals surface area contributed by atoms with Gasteiger partial charge in [0.15, 0.2) is 17.4 Å². The van der Waals surface area contributed by atoms with Gasteiger partial charge in [-0.15, -0.1) is 21.5 Å². The number of fused-ring (bicyclic) bond motifs is 1. The molecule has 160 valence electrons. The summed E-state index contributed by atoms with van der Waals surface area (Å²) in [6.07, 6.45) is 4.01. The van der Waals surface area contributed by atoms with Crippen molar-refractivity contribution in [3.8, 4) is 11.8 Å². The molecule has 0 aliphatic heterocycles. The van der Waals surface area contributed by atoms with E-state index in [1.54, 1.807) is 12.1 Å². The summed E-state index contributed by atoms with van der Waals surface area (Å²) in [7, 11) is 0. The Morgan fingerprint density at radius 2 is 2.16 bits per heavy atom. The molecule has 0 saturated carbocycles. The van der Waals surface area contributed by atoms with Gasteiger partial charge in [0, 0.05) is 4.88 Å². The largest absolute Gasteiger partial charge is 0.482 e. The first-order valence-electron chi connectivity index (χ1n) is 9.60. The van der Waals surface area contributed by atoms with Crippen LogP contribution in [-0.4, -0.2) is 26.5 Å². The van der Waals surface area contributed by atoms with Gasteiger partial charge < -0.3 is 15.9 Å². The van der Waals surface area contributed by atoms with Gasteiger partial charge in [0.05, 0.1) is 11.3 Å². The number of carbonyl (C=O) groups excluding carboxylic acids is 1. The van der Waals surface area contributed by atoms with Gasteiger partial charge in [-0.05, 0) is 43.4 Å². The maximum absolute atomic E-state index is 13.6. The molecule has 8 nitrogen and oxygen atoms in total. The maximum atomic E-state index is 13.6. The van der Waals surface area contributed by atoms with Gasteiger partial charge in [0.2, 0.25) is 11.1 Å². The third-order valence-corrected chi connectivity index (χ3v) is 6.95. The topological polar surface area (TPSA) is 119 Å². The molecule has 1 aromatic carbocycles. The zero-order chi connectivity index (χ0) is 21.8. The average Bonchev–Trinajstić information content (AvgIpc) is 3.30. The number of ether oxygens (including phenoxy) is 1. The van der Waals surface area contributed by atoms with Crippen LogP contribution in [0.1, 0.15) is 34.7 Å². The van der Waals surface area contributed by atoms with E-state index in [1.165, 1.54) is 33.0 Å². The zero-order valence-corrected chi connectivity index (χ0v) is 18.1. The van der Waals surface area contributed by atoms with Crippen LogP contribution >= 0.6 is 23.1 Å². The predicted octanol–water partition coefficient (Wildman–Crippen LogP) is 3.25. The number of nitrogens with one attached hydrogen (secondary N) is 1. The van der Waals surface area contributed by atoms with Crippen molar-refractivity contribution in [3.63, 3.8) is 0 Å². The molecular formula is C20H19FN6O2S2. The summed E-state index contributed by atoms with van der Waals surface area (Å²) in [6.45, 7) is -0.0660. The number of thiophene rings is 1. The fourth-order valence-corrected chi connectivity index (χ4v) is 5.20. The second kappa shape index (κ2) is 9.36. The lowest BCUT2D eigenvalue weighted by Gasteiger charge is -2.09. The number of nitriles is 1. The van der Waals surface area contributed by atoms with Crippen molar-refractivity contribution in [1.29, 1.82) is 5.26 Å². The van der Waals surface area contributed by atoms with Gasteiger partial charge >= 0.3 is 0 Å². The molecule has 3 aromatic rings. The lowest BCUT2D eigenvalue weighted by molar-refractivity contribution is -0.113. The Labute approximate surface area is 186 Å². The number of nitrogens with two attached hydrogens (primary N) is 1. The molecule has 11 heteroatoms. The van der Waals surface area contributed by atoms with E-state index in [-0.39, 0.29) is 24.0 Å². The summed E-state index contributed by atoms with van der Waals surface area (Å²) in [5, 5.41) is 21.2. The first-order valence-corrected chi connectivity index (χ1v) is 11.4. The van der Waals surface area contributed by atoms with Crippen molar-refractivity contribution < 1.29 is 13.9 Å². The van der Waals surface area contributed by atoms with Crippen LogP contribution in [0, 0.1) is 17.1 Å². The summed E-state index contributed by atoms with van der Waals surface area (Å²) in [6, 6.07) is 8.26. The highest BCUT2D eigenvalue weighted by atomic mass is 32.2. The summed E-state index contributed by atoms with van der Waals surface area (Å²) < 4.78 is 20.3.